The van der Waals surface area contributed by atoms with Crippen LogP contribution >= 0.6 is 0 Å². The van der Waals surface area contributed by atoms with Crippen molar-refractivity contribution in [2.45, 2.75) is 13.5 Å². The highest BCUT2D eigenvalue weighted by molar-refractivity contribution is 5.88. The van der Waals surface area contributed by atoms with Gasteiger partial charge in [0.15, 0.2) is 12.7 Å². The first-order valence-electron chi connectivity index (χ1n) is 5.68. The van der Waals surface area contributed by atoms with Crippen LogP contribution in [0, 0.1) is 6.92 Å². The van der Waals surface area contributed by atoms with Gasteiger partial charge in [-0.05, 0) is 25.1 Å². The van der Waals surface area contributed by atoms with Gasteiger partial charge in [-0.15, -0.1) is 0 Å². The van der Waals surface area contributed by atoms with Gasteiger partial charge in [0.1, 0.15) is 5.56 Å². The second kappa shape index (κ2) is 3.92. The molecular weight excluding hydrogens is 230 g/mol. The smallest absolute Gasteiger partial charge is 0.295 e. The number of benzene rings is 1. The fraction of sp³-hybridized carbons (Fsp3) is 0.143. The van der Waals surface area contributed by atoms with Gasteiger partial charge in [0.25, 0.3) is 0 Å². The molecule has 1 N–H and O–H groups in total. The van der Waals surface area contributed by atoms with Crippen LogP contribution in [0.1, 0.15) is 21.5 Å². The largest absolute Gasteiger partial charge is 0.378 e. The van der Waals surface area contributed by atoms with E-state index < -0.39 is 5.97 Å². The Balaban J connectivity index is 2.09. The molecule has 0 saturated heterocycles. The highest BCUT2D eigenvalue weighted by atomic mass is 17.1. The Morgan fingerprint density at radius 2 is 2.17 bits per heavy atom. The summed E-state index contributed by atoms with van der Waals surface area (Å²) in [4.78, 5) is 15.0. The van der Waals surface area contributed by atoms with Crippen molar-refractivity contribution < 1.29 is 19.5 Å². The van der Waals surface area contributed by atoms with Crippen LogP contribution in [0.25, 0.3) is 11.3 Å². The average molecular weight is 242 g/mol. The molecule has 4 heteroatoms. The Bertz CT molecular complexity index is 649. The number of hydrogen-bond acceptors (Lipinski definition) is 3. The second-order valence-electron chi connectivity index (χ2n) is 4.47. The summed E-state index contributed by atoms with van der Waals surface area (Å²) < 4.78 is 1.98. The molecule has 1 aliphatic rings. The standard InChI is InChI=1S/C14H11NO3/c1-9-2-4-12-11(6-9)8-15-7-10(14(16)18-17)3-5-13(12)15/h2-7H,8H2,1H3/p+1. The van der Waals surface area contributed by atoms with Crippen LogP contribution in [0.15, 0.2) is 36.5 Å². The van der Waals surface area contributed by atoms with Crippen LogP contribution in [-0.4, -0.2) is 11.2 Å². The minimum absolute atomic E-state index is 0.339. The number of aromatic nitrogens is 1. The predicted molar refractivity (Wildman–Crippen MR) is 64.0 cm³/mol. The Morgan fingerprint density at radius 3 is 2.94 bits per heavy atom. The van der Waals surface area contributed by atoms with E-state index in [2.05, 4.69) is 30.0 Å². The van der Waals surface area contributed by atoms with Gasteiger partial charge in [-0.1, -0.05) is 11.6 Å². The summed E-state index contributed by atoms with van der Waals surface area (Å²) in [5.41, 5.74) is 5.05. The lowest BCUT2D eigenvalue weighted by Gasteiger charge is -1.97. The van der Waals surface area contributed by atoms with E-state index >= 15 is 0 Å². The molecule has 1 aromatic heterocycles. The molecule has 0 fully saturated rings. The van der Waals surface area contributed by atoms with Crippen molar-refractivity contribution in [3.8, 4) is 11.3 Å². The third-order valence-corrected chi connectivity index (χ3v) is 3.22. The zero-order valence-electron chi connectivity index (χ0n) is 9.88. The normalized spacial score (nSPS) is 11.9. The van der Waals surface area contributed by atoms with Gasteiger partial charge in [0.05, 0.1) is 5.56 Å². The highest BCUT2D eigenvalue weighted by Gasteiger charge is 2.27. The molecule has 0 bridgehead atoms. The van der Waals surface area contributed by atoms with Crippen molar-refractivity contribution >= 4 is 5.97 Å². The van der Waals surface area contributed by atoms with Gasteiger partial charge >= 0.3 is 5.97 Å². The van der Waals surface area contributed by atoms with E-state index in [0.29, 0.717) is 5.56 Å². The molecule has 0 saturated carbocycles. The van der Waals surface area contributed by atoms with Gasteiger partial charge in [0, 0.05) is 11.6 Å². The quantitative estimate of drug-likeness (QED) is 0.403. The highest BCUT2D eigenvalue weighted by Crippen LogP contribution is 2.27. The number of nitrogens with zero attached hydrogens (tertiary/aromatic N) is 1. The van der Waals surface area contributed by atoms with E-state index in [0.717, 1.165) is 12.2 Å². The fourth-order valence-electron chi connectivity index (χ4n) is 2.38. The number of carbonyl (C=O) groups excluding carboxylic acids is 1. The van der Waals surface area contributed by atoms with E-state index in [1.54, 1.807) is 12.3 Å². The van der Waals surface area contributed by atoms with E-state index in [4.69, 9.17) is 5.26 Å². The number of rotatable bonds is 1. The van der Waals surface area contributed by atoms with Crippen LogP contribution in [0.2, 0.25) is 0 Å². The molecule has 4 nitrogen and oxygen atoms in total. The lowest BCUT2D eigenvalue weighted by molar-refractivity contribution is -0.672. The zero-order chi connectivity index (χ0) is 12.7. The Morgan fingerprint density at radius 1 is 1.33 bits per heavy atom. The van der Waals surface area contributed by atoms with E-state index in [1.807, 2.05) is 10.6 Å². The molecular formula is C14H12NO3+. The molecule has 1 aromatic carbocycles. The molecule has 1 aliphatic heterocycles. The average Bonchev–Trinajstić information content (AvgIpc) is 2.73. The lowest BCUT2D eigenvalue weighted by Crippen LogP contribution is -2.33. The third kappa shape index (κ3) is 1.58. The van der Waals surface area contributed by atoms with Crippen molar-refractivity contribution in [3.05, 3.63) is 53.2 Å². The zero-order valence-corrected chi connectivity index (χ0v) is 9.88. The minimum Gasteiger partial charge on any atom is -0.295 e. The van der Waals surface area contributed by atoms with Gasteiger partial charge in [-0.25, -0.2) is 4.79 Å². The number of aryl methyl sites for hydroxylation is 1. The predicted octanol–water partition coefficient (Wildman–Crippen LogP) is 1.94. The number of pyridine rings is 1. The van der Waals surface area contributed by atoms with Crippen molar-refractivity contribution in [2.24, 2.45) is 0 Å². The third-order valence-electron chi connectivity index (χ3n) is 3.22. The van der Waals surface area contributed by atoms with Gasteiger partial charge in [-0.2, -0.15) is 9.82 Å². The van der Waals surface area contributed by atoms with Crippen LogP contribution in [0.4, 0.5) is 0 Å². The molecule has 90 valence electrons. The maximum atomic E-state index is 11.3. The number of carbonyl (C=O) groups is 1. The van der Waals surface area contributed by atoms with Crippen LogP contribution < -0.4 is 4.57 Å². The Hall–Kier alpha value is -2.20. The van der Waals surface area contributed by atoms with Crippen LogP contribution in [-0.2, 0) is 11.4 Å². The molecule has 3 rings (SSSR count). The minimum atomic E-state index is -0.738. The number of hydrogen-bond donors (Lipinski definition) is 1. The molecule has 0 atom stereocenters. The second-order valence-corrected chi connectivity index (χ2v) is 4.47. The van der Waals surface area contributed by atoms with Crippen LogP contribution in [0.3, 0.4) is 0 Å². The van der Waals surface area contributed by atoms with Gasteiger partial charge in [0.2, 0.25) is 5.69 Å². The maximum absolute atomic E-state index is 11.3. The van der Waals surface area contributed by atoms with Crippen molar-refractivity contribution in [1.29, 1.82) is 0 Å². The first kappa shape index (κ1) is 10.9. The first-order chi connectivity index (χ1) is 8.69. The summed E-state index contributed by atoms with van der Waals surface area (Å²) in [5.74, 6) is -0.738. The van der Waals surface area contributed by atoms with Crippen molar-refractivity contribution in [1.82, 2.24) is 0 Å². The summed E-state index contributed by atoms with van der Waals surface area (Å²) in [6.45, 7) is 2.79. The SMILES string of the molecule is Cc1ccc2c(c1)C[n+]1cc(C(=O)OO)ccc1-2. The van der Waals surface area contributed by atoms with Gasteiger partial charge in [-0.3, -0.25) is 4.89 Å². The van der Waals surface area contributed by atoms with Crippen molar-refractivity contribution in [2.75, 3.05) is 0 Å². The summed E-state index contributed by atoms with van der Waals surface area (Å²) in [5, 5.41) is 8.39. The van der Waals surface area contributed by atoms with E-state index in [1.165, 1.54) is 16.7 Å². The topological polar surface area (TPSA) is 50.4 Å². The molecule has 0 unspecified atom stereocenters. The summed E-state index contributed by atoms with van der Waals surface area (Å²) in [6.07, 6.45) is 1.70. The van der Waals surface area contributed by atoms with Gasteiger partial charge < -0.3 is 0 Å². The van der Waals surface area contributed by atoms with Crippen LogP contribution in [0.5, 0.6) is 0 Å². The van der Waals surface area contributed by atoms with Crippen molar-refractivity contribution in [3.63, 3.8) is 0 Å². The summed E-state index contributed by atoms with van der Waals surface area (Å²) >= 11 is 0. The number of fused-ring (bicyclic) bond motifs is 3. The molecule has 0 amide bonds. The molecule has 0 radical (unpaired) electrons. The monoisotopic (exact) mass is 242 g/mol. The fourth-order valence-corrected chi connectivity index (χ4v) is 2.38. The molecule has 0 spiro atoms. The van der Waals surface area contributed by atoms with E-state index in [9.17, 15) is 4.79 Å². The molecule has 18 heavy (non-hydrogen) atoms. The van der Waals surface area contributed by atoms with E-state index in [-0.39, 0.29) is 0 Å². The summed E-state index contributed by atoms with van der Waals surface area (Å²) in [7, 11) is 0. The Labute approximate surface area is 104 Å². The molecule has 2 heterocycles. The molecule has 0 aliphatic carbocycles. The first-order valence-corrected chi connectivity index (χ1v) is 5.68. The lowest BCUT2D eigenvalue weighted by atomic mass is 10.0. The molecule has 2 aromatic rings. The Kier molecular flexibility index (Phi) is 2.38. The summed E-state index contributed by atoms with van der Waals surface area (Å²) in [6, 6.07) is 9.83. The maximum Gasteiger partial charge on any atom is 0.378 e.